The van der Waals surface area contributed by atoms with E-state index in [1.165, 1.54) is 5.56 Å². The summed E-state index contributed by atoms with van der Waals surface area (Å²) in [7, 11) is 1.67. The molecule has 26 heavy (non-hydrogen) atoms. The number of nitrogens with zero attached hydrogens (tertiary/aromatic N) is 1. The molecule has 0 bridgehead atoms. The predicted molar refractivity (Wildman–Crippen MR) is 97.9 cm³/mol. The highest BCUT2D eigenvalue weighted by atomic mass is 16.6. The van der Waals surface area contributed by atoms with Crippen molar-refractivity contribution in [1.82, 2.24) is 4.90 Å². The van der Waals surface area contributed by atoms with E-state index in [-0.39, 0.29) is 12.5 Å². The second-order valence-electron chi connectivity index (χ2n) is 6.76. The van der Waals surface area contributed by atoms with E-state index in [4.69, 9.17) is 14.2 Å². The van der Waals surface area contributed by atoms with Crippen LogP contribution in [0, 0.1) is 0 Å². The first-order valence-electron chi connectivity index (χ1n) is 9.06. The van der Waals surface area contributed by atoms with Gasteiger partial charge in [0.15, 0.2) is 11.5 Å². The molecular formula is C21H23NO4. The van der Waals surface area contributed by atoms with Crippen LogP contribution in [0.1, 0.15) is 24.3 Å². The molecule has 0 aromatic heterocycles. The Morgan fingerprint density at radius 1 is 1.15 bits per heavy atom. The molecule has 2 atom stereocenters. The zero-order valence-corrected chi connectivity index (χ0v) is 14.9. The minimum atomic E-state index is -0.575. The Bertz CT molecular complexity index is 791. The van der Waals surface area contributed by atoms with Crippen molar-refractivity contribution in [3.05, 3.63) is 54.1 Å². The van der Waals surface area contributed by atoms with Gasteiger partial charge in [-0.2, -0.15) is 0 Å². The smallest absolute Gasteiger partial charge is 0.267 e. The van der Waals surface area contributed by atoms with Crippen molar-refractivity contribution in [2.75, 3.05) is 26.8 Å². The number of piperidine rings is 1. The van der Waals surface area contributed by atoms with Gasteiger partial charge in [-0.1, -0.05) is 24.3 Å². The highest BCUT2D eigenvalue weighted by Gasteiger charge is 2.33. The summed E-state index contributed by atoms with van der Waals surface area (Å²) < 4.78 is 16.9. The minimum Gasteiger partial charge on any atom is -0.497 e. The van der Waals surface area contributed by atoms with Crippen LogP contribution in [0.4, 0.5) is 0 Å². The zero-order valence-electron chi connectivity index (χ0n) is 14.9. The van der Waals surface area contributed by atoms with Gasteiger partial charge in [-0.05, 0) is 42.7 Å². The molecule has 2 heterocycles. The van der Waals surface area contributed by atoms with Gasteiger partial charge in [0, 0.05) is 19.0 Å². The number of carbonyl (C=O) groups is 1. The normalized spacial score (nSPS) is 22.0. The summed E-state index contributed by atoms with van der Waals surface area (Å²) in [6, 6.07) is 15.6. The maximum atomic E-state index is 13.0. The third-order valence-corrected chi connectivity index (χ3v) is 5.08. The summed E-state index contributed by atoms with van der Waals surface area (Å²) in [4.78, 5) is 14.9. The monoisotopic (exact) mass is 353 g/mol. The summed E-state index contributed by atoms with van der Waals surface area (Å²) in [5.74, 6) is 2.51. The molecule has 4 rings (SSSR count). The van der Waals surface area contributed by atoms with Crippen LogP contribution in [-0.4, -0.2) is 43.7 Å². The number of para-hydroxylation sites is 2. The van der Waals surface area contributed by atoms with Gasteiger partial charge in [0.1, 0.15) is 12.4 Å². The summed E-state index contributed by atoms with van der Waals surface area (Å²) in [6.07, 6.45) is 1.48. The lowest BCUT2D eigenvalue weighted by molar-refractivity contribution is -0.142. The molecule has 0 aliphatic carbocycles. The molecule has 0 N–H and O–H groups in total. The van der Waals surface area contributed by atoms with Gasteiger partial charge in [-0.3, -0.25) is 4.79 Å². The highest BCUT2D eigenvalue weighted by molar-refractivity contribution is 5.82. The fraction of sp³-hybridized carbons (Fsp3) is 0.381. The van der Waals surface area contributed by atoms with Gasteiger partial charge < -0.3 is 19.1 Å². The van der Waals surface area contributed by atoms with Crippen LogP contribution in [0.25, 0.3) is 0 Å². The van der Waals surface area contributed by atoms with Crippen LogP contribution in [-0.2, 0) is 4.79 Å². The Morgan fingerprint density at radius 3 is 2.85 bits per heavy atom. The fourth-order valence-electron chi connectivity index (χ4n) is 3.69. The molecule has 2 aliphatic heterocycles. The number of hydrogen-bond acceptors (Lipinski definition) is 4. The summed E-state index contributed by atoms with van der Waals surface area (Å²) in [5, 5.41) is 0. The van der Waals surface area contributed by atoms with E-state index < -0.39 is 6.10 Å². The first-order valence-corrected chi connectivity index (χ1v) is 9.06. The Morgan fingerprint density at radius 2 is 2.00 bits per heavy atom. The van der Waals surface area contributed by atoms with Gasteiger partial charge in [0.05, 0.1) is 7.11 Å². The largest absolute Gasteiger partial charge is 0.497 e. The average Bonchev–Trinajstić information content (AvgIpc) is 2.73. The van der Waals surface area contributed by atoms with Gasteiger partial charge in [0.2, 0.25) is 6.10 Å². The number of likely N-dealkylation sites (tertiary alicyclic amines) is 1. The lowest BCUT2D eigenvalue weighted by atomic mass is 9.90. The lowest BCUT2D eigenvalue weighted by Crippen LogP contribution is -2.49. The second-order valence-corrected chi connectivity index (χ2v) is 6.76. The molecule has 136 valence electrons. The summed E-state index contributed by atoms with van der Waals surface area (Å²) in [6.45, 7) is 1.73. The average molecular weight is 353 g/mol. The minimum absolute atomic E-state index is 0.00657. The summed E-state index contributed by atoms with van der Waals surface area (Å²) in [5.41, 5.74) is 1.22. The molecule has 0 spiro atoms. The molecule has 2 aromatic carbocycles. The molecule has 5 nitrogen and oxygen atoms in total. The topological polar surface area (TPSA) is 48.0 Å². The molecule has 1 saturated heterocycles. The van der Waals surface area contributed by atoms with E-state index in [2.05, 4.69) is 12.1 Å². The standard InChI is InChI=1S/C21H23NO4/c1-24-17-8-4-6-15(12-17)16-7-5-11-22(13-16)21(23)20-14-25-18-9-2-3-10-19(18)26-20/h2-4,6,8-10,12,16,20H,5,7,11,13-14H2,1H3/t16?,20-/m1/s1. The maximum Gasteiger partial charge on any atom is 0.267 e. The number of carbonyl (C=O) groups excluding carboxylic acids is 1. The molecule has 1 unspecified atom stereocenters. The van der Waals surface area contributed by atoms with Crippen molar-refractivity contribution < 1.29 is 19.0 Å². The zero-order chi connectivity index (χ0) is 17.9. The number of benzene rings is 2. The number of methoxy groups -OCH3 is 1. The van der Waals surface area contributed by atoms with Crippen molar-refractivity contribution >= 4 is 5.91 Å². The van der Waals surface area contributed by atoms with Gasteiger partial charge in [-0.25, -0.2) is 0 Å². The van der Waals surface area contributed by atoms with Crippen LogP contribution in [0.3, 0.4) is 0 Å². The SMILES string of the molecule is COc1cccc(C2CCCN(C(=O)[C@H]3COc4ccccc4O3)C2)c1. The van der Waals surface area contributed by atoms with Crippen molar-refractivity contribution in [3.8, 4) is 17.2 Å². The molecule has 2 aliphatic rings. The number of hydrogen-bond donors (Lipinski definition) is 0. The number of amides is 1. The van der Waals surface area contributed by atoms with E-state index in [0.29, 0.717) is 24.0 Å². The Labute approximate surface area is 153 Å². The third-order valence-electron chi connectivity index (χ3n) is 5.08. The van der Waals surface area contributed by atoms with Crippen molar-refractivity contribution in [2.24, 2.45) is 0 Å². The Hall–Kier alpha value is -2.69. The molecule has 2 aromatic rings. The van der Waals surface area contributed by atoms with Crippen LogP contribution in [0.5, 0.6) is 17.2 Å². The molecular weight excluding hydrogens is 330 g/mol. The Kier molecular flexibility index (Phi) is 4.69. The first-order chi connectivity index (χ1) is 12.7. The van der Waals surface area contributed by atoms with Crippen LogP contribution >= 0.6 is 0 Å². The predicted octanol–water partition coefficient (Wildman–Crippen LogP) is 3.24. The highest BCUT2D eigenvalue weighted by Crippen LogP contribution is 2.33. The third kappa shape index (κ3) is 3.34. The van der Waals surface area contributed by atoms with Gasteiger partial charge in [0.25, 0.3) is 5.91 Å². The van der Waals surface area contributed by atoms with E-state index in [1.54, 1.807) is 7.11 Å². The lowest BCUT2D eigenvalue weighted by Gasteiger charge is -2.36. The van der Waals surface area contributed by atoms with Gasteiger partial charge in [-0.15, -0.1) is 0 Å². The van der Waals surface area contributed by atoms with Crippen molar-refractivity contribution in [1.29, 1.82) is 0 Å². The molecule has 0 saturated carbocycles. The van der Waals surface area contributed by atoms with E-state index in [0.717, 1.165) is 25.1 Å². The number of fused-ring (bicyclic) bond motifs is 1. The van der Waals surface area contributed by atoms with E-state index in [9.17, 15) is 4.79 Å². The number of rotatable bonds is 3. The summed E-state index contributed by atoms with van der Waals surface area (Å²) >= 11 is 0. The second kappa shape index (κ2) is 7.28. The van der Waals surface area contributed by atoms with Crippen molar-refractivity contribution in [2.45, 2.75) is 24.9 Å². The van der Waals surface area contributed by atoms with E-state index in [1.807, 2.05) is 41.3 Å². The maximum absolute atomic E-state index is 13.0. The first kappa shape index (κ1) is 16.8. The number of ether oxygens (including phenoxy) is 3. The van der Waals surface area contributed by atoms with Crippen molar-refractivity contribution in [3.63, 3.8) is 0 Å². The quantitative estimate of drug-likeness (QED) is 0.850. The van der Waals surface area contributed by atoms with Crippen LogP contribution in [0.15, 0.2) is 48.5 Å². The van der Waals surface area contributed by atoms with Crippen LogP contribution in [0.2, 0.25) is 0 Å². The van der Waals surface area contributed by atoms with Gasteiger partial charge >= 0.3 is 0 Å². The molecule has 5 heteroatoms. The molecule has 1 fully saturated rings. The van der Waals surface area contributed by atoms with Crippen LogP contribution < -0.4 is 14.2 Å². The fourth-order valence-corrected chi connectivity index (χ4v) is 3.69. The molecule has 0 radical (unpaired) electrons. The molecule has 1 amide bonds. The Balaban J connectivity index is 1.45. The van der Waals surface area contributed by atoms with E-state index >= 15 is 0 Å².